The van der Waals surface area contributed by atoms with E-state index in [0.29, 0.717) is 29.9 Å². The van der Waals surface area contributed by atoms with Gasteiger partial charge in [-0.2, -0.15) is 33.7 Å². The average Bonchev–Trinajstić information content (AvgIpc) is 3.27. The summed E-state index contributed by atoms with van der Waals surface area (Å²) in [5, 5.41) is 21.4. The molecule has 0 radical (unpaired) electrons. The standard InChI is InChI=1S/C35H45F5O3S/c1-32-17-15-24-21-25(41)9-12-27(24)31(32)28(22-33(2)29(32)13-14-30(33)42)23-7-10-26(11-8-23)43-18-4-3-5-19-44-20-6-16-34(36,37)35(38,39)40/h7-12,21,28-31,41-42H,3-6,13-20,22H2,1-2H3/t28-,29+,30+,31+,32+,33+/m1/s1. The lowest BCUT2D eigenvalue weighted by Gasteiger charge is -2.60. The Morgan fingerprint density at radius 2 is 1.64 bits per heavy atom. The molecule has 0 spiro atoms. The molecular weight excluding hydrogens is 595 g/mol. The number of phenolic OH excluding ortho intramolecular Hbond substituents is 1. The Morgan fingerprint density at radius 3 is 2.36 bits per heavy atom. The number of thioether (sulfide) groups is 1. The Balaban J connectivity index is 1.14. The average molecular weight is 641 g/mol. The molecule has 0 aliphatic heterocycles. The molecule has 2 saturated carbocycles. The number of aryl methyl sites for hydroxylation is 1. The van der Waals surface area contributed by atoms with Crippen LogP contribution in [0.5, 0.6) is 11.5 Å². The van der Waals surface area contributed by atoms with Gasteiger partial charge in [0.2, 0.25) is 0 Å². The Labute approximate surface area is 262 Å². The number of benzene rings is 2. The lowest BCUT2D eigenvalue weighted by Crippen LogP contribution is -2.52. The van der Waals surface area contributed by atoms with Gasteiger partial charge in [-0.15, -0.1) is 0 Å². The highest BCUT2D eigenvalue weighted by Gasteiger charge is 2.63. The third-order valence-corrected chi connectivity index (χ3v) is 12.1. The third kappa shape index (κ3) is 6.60. The van der Waals surface area contributed by atoms with Gasteiger partial charge < -0.3 is 14.9 Å². The van der Waals surface area contributed by atoms with Crippen LogP contribution in [0, 0.1) is 16.7 Å². The van der Waals surface area contributed by atoms with Gasteiger partial charge in [0, 0.05) is 6.42 Å². The van der Waals surface area contributed by atoms with Crippen LogP contribution < -0.4 is 4.74 Å². The summed E-state index contributed by atoms with van der Waals surface area (Å²) in [6.07, 6.45) is 0.313. The number of halogens is 5. The molecule has 0 aromatic heterocycles. The number of phenols is 1. The summed E-state index contributed by atoms with van der Waals surface area (Å²) in [4.78, 5) is 0. The van der Waals surface area contributed by atoms with Gasteiger partial charge >= 0.3 is 12.1 Å². The van der Waals surface area contributed by atoms with Crippen molar-refractivity contribution in [2.75, 3.05) is 18.1 Å². The Bertz CT molecular complexity index is 1270. The molecular formula is C35H45F5O3S. The fraction of sp³-hybridized carbons (Fsp3) is 0.657. The van der Waals surface area contributed by atoms with Crippen molar-refractivity contribution in [3.63, 3.8) is 0 Å². The number of rotatable bonds is 12. The highest BCUT2D eigenvalue weighted by Crippen LogP contribution is 2.70. The van der Waals surface area contributed by atoms with E-state index >= 15 is 0 Å². The molecule has 0 amide bonds. The SMILES string of the molecule is C[C@]12C[C@H](c3ccc(OCCCCCSCCCC(F)(F)C(F)(F)F)cc3)[C@@H]3c4ccc(O)cc4CC[C@@]3(C)[C@@H]1CC[C@@H]2O. The first-order valence-corrected chi connectivity index (χ1v) is 17.2. The van der Waals surface area contributed by atoms with Gasteiger partial charge in [-0.3, -0.25) is 0 Å². The van der Waals surface area contributed by atoms with Crippen LogP contribution in [0.2, 0.25) is 0 Å². The van der Waals surface area contributed by atoms with Gasteiger partial charge in [0.05, 0.1) is 12.7 Å². The van der Waals surface area contributed by atoms with E-state index in [2.05, 4.69) is 32.0 Å². The molecule has 44 heavy (non-hydrogen) atoms. The van der Waals surface area contributed by atoms with E-state index in [-0.39, 0.29) is 29.3 Å². The maximum atomic E-state index is 13.0. The smallest absolute Gasteiger partial charge is 0.453 e. The Kier molecular flexibility index (Phi) is 9.87. The molecule has 2 fully saturated rings. The fourth-order valence-corrected chi connectivity index (χ4v) is 9.66. The molecule has 0 heterocycles. The topological polar surface area (TPSA) is 49.7 Å². The molecule has 9 heteroatoms. The summed E-state index contributed by atoms with van der Waals surface area (Å²) in [7, 11) is 0. The monoisotopic (exact) mass is 640 g/mol. The fourth-order valence-electron chi connectivity index (χ4n) is 8.70. The highest BCUT2D eigenvalue weighted by atomic mass is 32.2. The van der Waals surface area contributed by atoms with E-state index in [1.165, 1.54) is 28.5 Å². The first kappa shape index (κ1) is 33.4. The maximum Gasteiger partial charge on any atom is 0.453 e. The van der Waals surface area contributed by atoms with Crippen molar-refractivity contribution in [3.8, 4) is 11.5 Å². The van der Waals surface area contributed by atoms with Crippen molar-refractivity contribution < 1.29 is 36.9 Å². The highest BCUT2D eigenvalue weighted by molar-refractivity contribution is 7.99. The predicted octanol–water partition coefficient (Wildman–Crippen LogP) is 9.65. The molecule has 0 saturated heterocycles. The lowest BCUT2D eigenvalue weighted by atomic mass is 9.44. The van der Waals surface area contributed by atoms with E-state index in [1.54, 1.807) is 0 Å². The van der Waals surface area contributed by atoms with Gasteiger partial charge in [0.25, 0.3) is 0 Å². The summed E-state index contributed by atoms with van der Waals surface area (Å²) in [6.45, 7) is 5.27. The third-order valence-electron chi connectivity index (χ3n) is 11.0. The van der Waals surface area contributed by atoms with Crippen LogP contribution in [-0.2, 0) is 6.42 Å². The van der Waals surface area contributed by atoms with Crippen LogP contribution in [-0.4, -0.2) is 46.5 Å². The Hall–Kier alpha value is -2.00. The molecule has 0 bridgehead atoms. The van der Waals surface area contributed by atoms with E-state index in [0.717, 1.165) is 62.9 Å². The van der Waals surface area contributed by atoms with Crippen LogP contribution in [0.15, 0.2) is 42.5 Å². The number of unbranched alkanes of at least 4 members (excludes halogenated alkanes) is 2. The van der Waals surface area contributed by atoms with E-state index in [1.807, 2.05) is 24.3 Å². The van der Waals surface area contributed by atoms with Crippen molar-refractivity contribution in [1.82, 2.24) is 0 Å². The van der Waals surface area contributed by atoms with E-state index < -0.39 is 18.5 Å². The summed E-state index contributed by atoms with van der Waals surface area (Å²) < 4.78 is 68.6. The molecule has 244 valence electrons. The van der Waals surface area contributed by atoms with Crippen molar-refractivity contribution in [1.29, 1.82) is 0 Å². The van der Waals surface area contributed by atoms with Crippen molar-refractivity contribution in [2.45, 2.75) is 108 Å². The zero-order valence-electron chi connectivity index (χ0n) is 25.6. The number of hydrogen-bond acceptors (Lipinski definition) is 4. The summed E-state index contributed by atoms with van der Waals surface area (Å²) in [6, 6.07) is 14.3. The van der Waals surface area contributed by atoms with Gasteiger partial charge in [0.15, 0.2) is 0 Å². The number of alkyl halides is 5. The zero-order valence-corrected chi connectivity index (χ0v) is 26.5. The first-order valence-electron chi connectivity index (χ1n) is 16.0. The minimum atomic E-state index is -5.47. The van der Waals surface area contributed by atoms with Crippen molar-refractivity contribution >= 4 is 11.8 Å². The van der Waals surface area contributed by atoms with Crippen LogP contribution in [0.25, 0.3) is 0 Å². The molecule has 0 unspecified atom stereocenters. The number of hydrogen-bond donors (Lipinski definition) is 2. The zero-order chi connectivity index (χ0) is 31.8. The molecule has 2 aromatic carbocycles. The summed E-state index contributed by atoms with van der Waals surface area (Å²) in [5.74, 6) is -1.48. The van der Waals surface area contributed by atoms with Crippen LogP contribution in [0.3, 0.4) is 0 Å². The van der Waals surface area contributed by atoms with Gasteiger partial charge in [-0.05, 0) is 139 Å². The van der Waals surface area contributed by atoms with Crippen LogP contribution in [0.4, 0.5) is 22.0 Å². The minimum absolute atomic E-state index is 0.0563. The van der Waals surface area contributed by atoms with Crippen molar-refractivity contribution in [2.24, 2.45) is 16.7 Å². The normalized spacial score (nSPS) is 30.0. The summed E-state index contributed by atoms with van der Waals surface area (Å²) >= 11 is 1.41. The second-order valence-electron chi connectivity index (χ2n) is 13.7. The molecule has 2 N–H and O–H groups in total. The molecule has 3 aliphatic rings. The minimum Gasteiger partial charge on any atom is -0.508 e. The van der Waals surface area contributed by atoms with Gasteiger partial charge in [0.1, 0.15) is 11.5 Å². The lowest BCUT2D eigenvalue weighted by molar-refractivity contribution is -0.284. The second kappa shape index (κ2) is 13.0. The first-order chi connectivity index (χ1) is 20.8. The molecule has 3 aliphatic carbocycles. The number of fused-ring (bicyclic) bond motifs is 5. The quantitative estimate of drug-likeness (QED) is 0.179. The van der Waals surface area contributed by atoms with Crippen molar-refractivity contribution in [3.05, 3.63) is 59.2 Å². The Morgan fingerprint density at radius 1 is 0.909 bits per heavy atom. The molecule has 3 nitrogen and oxygen atoms in total. The van der Waals surface area contributed by atoms with Gasteiger partial charge in [-0.1, -0.05) is 32.0 Å². The maximum absolute atomic E-state index is 13.0. The predicted molar refractivity (Wildman–Crippen MR) is 165 cm³/mol. The number of ether oxygens (including phenoxy) is 1. The van der Waals surface area contributed by atoms with E-state index in [9.17, 15) is 32.2 Å². The van der Waals surface area contributed by atoms with Crippen LogP contribution >= 0.6 is 11.8 Å². The number of aliphatic hydroxyl groups is 1. The molecule has 6 atom stereocenters. The number of aliphatic hydroxyl groups excluding tert-OH is 1. The molecule has 5 rings (SSSR count). The van der Waals surface area contributed by atoms with Gasteiger partial charge in [-0.25, -0.2) is 0 Å². The largest absolute Gasteiger partial charge is 0.508 e. The van der Waals surface area contributed by atoms with E-state index in [4.69, 9.17) is 4.74 Å². The summed E-state index contributed by atoms with van der Waals surface area (Å²) in [5.41, 5.74) is 3.74. The molecule has 2 aromatic rings. The number of aromatic hydroxyl groups is 1. The van der Waals surface area contributed by atoms with Crippen LogP contribution in [0.1, 0.15) is 100 Å². The second-order valence-corrected chi connectivity index (χ2v) is 14.9.